The molecule has 0 aliphatic carbocycles. The molecular formula is C12H17NO4. The number of hydrogen-bond donors (Lipinski definition) is 2. The van der Waals surface area contributed by atoms with Crippen LogP contribution >= 0.6 is 0 Å². The maximum Gasteiger partial charge on any atom is 0.312 e. The molecule has 0 aliphatic rings. The van der Waals surface area contributed by atoms with Crippen LogP contribution in [0.1, 0.15) is 18.4 Å². The third-order valence-electron chi connectivity index (χ3n) is 2.42. The van der Waals surface area contributed by atoms with Crippen molar-refractivity contribution in [3.63, 3.8) is 0 Å². The summed E-state index contributed by atoms with van der Waals surface area (Å²) >= 11 is 0. The molecule has 1 aromatic carbocycles. The van der Waals surface area contributed by atoms with Crippen LogP contribution in [0.15, 0.2) is 18.2 Å². The number of methoxy groups -OCH3 is 1. The Labute approximate surface area is 100 Å². The lowest BCUT2D eigenvalue weighted by Crippen LogP contribution is -2.21. The second-order valence-corrected chi connectivity index (χ2v) is 3.47. The highest BCUT2D eigenvalue weighted by molar-refractivity contribution is 5.76. The molecule has 0 saturated carbocycles. The van der Waals surface area contributed by atoms with Crippen LogP contribution in [-0.4, -0.2) is 31.3 Å². The summed E-state index contributed by atoms with van der Waals surface area (Å²) in [6, 6.07) is 5.03. The summed E-state index contributed by atoms with van der Waals surface area (Å²) in [6.07, 6.45) is 0. The Hall–Kier alpha value is -1.75. The van der Waals surface area contributed by atoms with Crippen molar-refractivity contribution in [2.24, 2.45) is 5.73 Å². The molecule has 3 N–H and O–H groups in total. The highest BCUT2D eigenvalue weighted by Crippen LogP contribution is 2.30. The van der Waals surface area contributed by atoms with Gasteiger partial charge in [0.15, 0.2) is 11.5 Å². The van der Waals surface area contributed by atoms with E-state index in [1.807, 2.05) is 6.92 Å². The highest BCUT2D eigenvalue weighted by Gasteiger charge is 2.19. The molecule has 17 heavy (non-hydrogen) atoms. The summed E-state index contributed by atoms with van der Waals surface area (Å²) in [5, 5.41) is 9.02. The zero-order valence-corrected chi connectivity index (χ0v) is 9.97. The van der Waals surface area contributed by atoms with Gasteiger partial charge in [-0.05, 0) is 24.6 Å². The Morgan fingerprint density at radius 3 is 2.65 bits per heavy atom. The van der Waals surface area contributed by atoms with Crippen molar-refractivity contribution in [3.05, 3.63) is 23.8 Å². The lowest BCUT2D eigenvalue weighted by Gasteiger charge is -2.14. The molecule has 0 amide bonds. The van der Waals surface area contributed by atoms with E-state index in [-0.39, 0.29) is 6.54 Å². The van der Waals surface area contributed by atoms with Crippen molar-refractivity contribution < 1.29 is 19.4 Å². The molecule has 0 heterocycles. The fourth-order valence-corrected chi connectivity index (χ4v) is 1.56. The first-order valence-electron chi connectivity index (χ1n) is 5.37. The molecular weight excluding hydrogens is 222 g/mol. The van der Waals surface area contributed by atoms with Crippen molar-refractivity contribution in [2.45, 2.75) is 12.8 Å². The molecule has 5 nitrogen and oxygen atoms in total. The Morgan fingerprint density at radius 1 is 1.47 bits per heavy atom. The standard InChI is InChI=1S/C12H17NO4/c1-3-17-11-6-8(4-5-10(11)16-2)9(7-13)12(14)15/h4-6,9H,3,7,13H2,1-2H3,(H,14,15). The van der Waals surface area contributed by atoms with E-state index in [2.05, 4.69) is 0 Å². The minimum atomic E-state index is -0.944. The van der Waals surface area contributed by atoms with Crippen LogP contribution in [0, 0.1) is 0 Å². The van der Waals surface area contributed by atoms with Gasteiger partial charge in [-0.25, -0.2) is 0 Å². The highest BCUT2D eigenvalue weighted by atomic mass is 16.5. The molecule has 1 rings (SSSR count). The van der Waals surface area contributed by atoms with Crippen molar-refractivity contribution >= 4 is 5.97 Å². The number of aliphatic carboxylic acids is 1. The predicted molar refractivity (Wildman–Crippen MR) is 63.6 cm³/mol. The Kier molecular flexibility index (Phi) is 4.78. The van der Waals surface area contributed by atoms with Crippen molar-refractivity contribution in [3.8, 4) is 11.5 Å². The normalized spacial score (nSPS) is 11.9. The molecule has 0 fully saturated rings. The van der Waals surface area contributed by atoms with E-state index in [0.717, 1.165) is 0 Å². The van der Waals surface area contributed by atoms with Crippen LogP contribution < -0.4 is 15.2 Å². The van der Waals surface area contributed by atoms with Gasteiger partial charge in [0.05, 0.1) is 19.6 Å². The van der Waals surface area contributed by atoms with Gasteiger partial charge in [0.2, 0.25) is 0 Å². The fraction of sp³-hybridized carbons (Fsp3) is 0.417. The van der Waals surface area contributed by atoms with E-state index in [1.165, 1.54) is 7.11 Å². The smallest absolute Gasteiger partial charge is 0.312 e. The second kappa shape index (κ2) is 6.10. The molecule has 1 unspecified atom stereocenters. The molecule has 5 heteroatoms. The topological polar surface area (TPSA) is 81.8 Å². The second-order valence-electron chi connectivity index (χ2n) is 3.47. The zero-order chi connectivity index (χ0) is 12.8. The first kappa shape index (κ1) is 13.3. The predicted octanol–water partition coefficient (Wildman–Crippen LogP) is 1.22. The van der Waals surface area contributed by atoms with Crippen LogP contribution in [0.4, 0.5) is 0 Å². The Morgan fingerprint density at radius 2 is 2.18 bits per heavy atom. The van der Waals surface area contributed by atoms with E-state index in [9.17, 15) is 4.79 Å². The number of ether oxygens (including phenoxy) is 2. The molecule has 0 aromatic heterocycles. The zero-order valence-electron chi connectivity index (χ0n) is 9.97. The van der Waals surface area contributed by atoms with Crippen LogP contribution in [-0.2, 0) is 4.79 Å². The first-order chi connectivity index (χ1) is 8.13. The van der Waals surface area contributed by atoms with Gasteiger partial charge >= 0.3 is 5.97 Å². The monoisotopic (exact) mass is 239 g/mol. The number of rotatable bonds is 6. The molecule has 0 saturated heterocycles. The van der Waals surface area contributed by atoms with E-state index in [4.69, 9.17) is 20.3 Å². The van der Waals surface area contributed by atoms with E-state index in [1.54, 1.807) is 18.2 Å². The third-order valence-corrected chi connectivity index (χ3v) is 2.42. The van der Waals surface area contributed by atoms with Crippen LogP contribution in [0.5, 0.6) is 11.5 Å². The summed E-state index contributed by atoms with van der Waals surface area (Å²) < 4.78 is 10.5. The average molecular weight is 239 g/mol. The first-order valence-corrected chi connectivity index (χ1v) is 5.37. The largest absolute Gasteiger partial charge is 0.493 e. The summed E-state index contributed by atoms with van der Waals surface area (Å²) in [7, 11) is 1.54. The van der Waals surface area contributed by atoms with Crippen molar-refractivity contribution in [1.29, 1.82) is 0 Å². The SMILES string of the molecule is CCOc1cc(C(CN)C(=O)O)ccc1OC. The number of hydrogen-bond acceptors (Lipinski definition) is 4. The van der Waals surface area contributed by atoms with Gasteiger partial charge in [-0.2, -0.15) is 0 Å². The number of carbonyl (C=O) groups is 1. The molecule has 0 radical (unpaired) electrons. The molecule has 0 spiro atoms. The minimum Gasteiger partial charge on any atom is -0.493 e. The Balaban J connectivity index is 3.09. The van der Waals surface area contributed by atoms with Crippen molar-refractivity contribution in [2.75, 3.05) is 20.3 Å². The summed E-state index contributed by atoms with van der Waals surface area (Å²) in [4.78, 5) is 11.0. The molecule has 1 aromatic rings. The van der Waals surface area contributed by atoms with E-state index >= 15 is 0 Å². The maximum atomic E-state index is 11.0. The molecule has 1 atom stereocenters. The molecule has 0 aliphatic heterocycles. The summed E-state index contributed by atoms with van der Waals surface area (Å²) in [5.74, 6) is -0.552. The van der Waals surface area contributed by atoms with Gasteiger partial charge in [-0.3, -0.25) is 4.79 Å². The van der Waals surface area contributed by atoms with Gasteiger partial charge in [0, 0.05) is 6.54 Å². The number of carboxylic acids is 1. The van der Waals surface area contributed by atoms with E-state index < -0.39 is 11.9 Å². The van der Waals surface area contributed by atoms with Crippen LogP contribution in [0.25, 0.3) is 0 Å². The van der Waals surface area contributed by atoms with Gasteiger partial charge in [0.25, 0.3) is 0 Å². The summed E-state index contributed by atoms with van der Waals surface area (Å²) in [6.45, 7) is 2.39. The van der Waals surface area contributed by atoms with E-state index in [0.29, 0.717) is 23.7 Å². The lowest BCUT2D eigenvalue weighted by atomic mass is 9.99. The van der Waals surface area contributed by atoms with Crippen LogP contribution in [0.2, 0.25) is 0 Å². The third kappa shape index (κ3) is 3.10. The number of benzene rings is 1. The Bertz CT molecular complexity index is 392. The number of carboxylic acid groups (broad SMARTS) is 1. The van der Waals surface area contributed by atoms with Gasteiger partial charge < -0.3 is 20.3 Å². The fourth-order valence-electron chi connectivity index (χ4n) is 1.56. The minimum absolute atomic E-state index is 0.0488. The maximum absolute atomic E-state index is 11.0. The van der Waals surface area contributed by atoms with Crippen molar-refractivity contribution in [1.82, 2.24) is 0 Å². The van der Waals surface area contributed by atoms with Gasteiger partial charge in [-0.15, -0.1) is 0 Å². The average Bonchev–Trinajstić information content (AvgIpc) is 2.30. The lowest BCUT2D eigenvalue weighted by molar-refractivity contribution is -0.138. The quantitative estimate of drug-likeness (QED) is 0.780. The van der Waals surface area contributed by atoms with Gasteiger partial charge in [-0.1, -0.05) is 6.07 Å². The summed E-state index contributed by atoms with van der Waals surface area (Å²) in [5.41, 5.74) is 6.06. The number of nitrogens with two attached hydrogens (primary N) is 1. The molecule has 94 valence electrons. The van der Waals surface area contributed by atoms with Gasteiger partial charge in [0.1, 0.15) is 0 Å². The van der Waals surface area contributed by atoms with Crippen LogP contribution in [0.3, 0.4) is 0 Å². The molecule has 0 bridgehead atoms.